The van der Waals surface area contributed by atoms with Crippen LogP contribution in [0, 0.1) is 17.7 Å². The molecule has 3 heterocycles. The van der Waals surface area contributed by atoms with Crippen molar-refractivity contribution in [3.05, 3.63) is 54.4 Å². The maximum Gasteiger partial charge on any atom is 0.310 e. The van der Waals surface area contributed by atoms with Gasteiger partial charge in [-0.05, 0) is 25.5 Å². The van der Waals surface area contributed by atoms with Crippen LogP contribution in [0.4, 0.5) is 10.1 Å². The molecule has 1 spiro atoms. The molecule has 2 saturated heterocycles. The van der Waals surface area contributed by atoms with Crippen LogP contribution in [0.25, 0.3) is 0 Å². The van der Waals surface area contributed by atoms with Gasteiger partial charge in [-0.25, -0.2) is 4.39 Å². The second-order valence-electron chi connectivity index (χ2n) is 6.97. The van der Waals surface area contributed by atoms with E-state index in [-0.39, 0.29) is 5.69 Å². The number of amides is 1. The van der Waals surface area contributed by atoms with Gasteiger partial charge in [0.15, 0.2) is 0 Å². The Morgan fingerprint density at radius 1 is 1.44 bits per heavy atom. The van der Waals surface area contributed by atoms with E-state index in [4.69, 9.17) is 4.74 Å². The fourth-order valence-corrected chi connectivity index (χ4v) is 4.45. The standard InChI is InChI=1S/C19H18FNO4/c1-10(2)9-14-19-8-7-13(25-19)15(18(23)24)16(19)17(22)21(14)12-6-4-3-5-11(12)20/h3-8,13-16H,1,9H2,2H3,(H,23,24)/t13-,14-,15+,16+,19-/m1/s1. The highest BCUT2D eigenvalue weighted by atomic mass is 19.1. The zero-order valence-electron chi connectivity index (χ0n) is 13.7. The number of benzene rings is 1. The third-order valence-corrected chi connectivity index (χ3v) is 5.36. The molecule has 3 aliphatic heterocycles. The van der Waals surface area contributed by atoms with E-state index in [1.54, 1.807) is 24.3 Å². The topological polar surface area (TPSA) is 66.8 Å². The Hall–Kier alpha value is -2.47. The van der Waals surface area contributed by atoms with Gasteiger partial charge in [0.05, 0.1) is 23.8 Å². The van der Waals surface area contributed by atoms with Gasteiger partial charge in [-0.15, -0.1) is 6.58 Å². The van der Waals surface area contributed by atoms with Gasteiger partial charge in [-0.3, -0.25) is 9.59 Å². The Kier molecular flexibility index (Phi) is 3.37. The van der Waals surface area contributed by atoms with Crippen LogP contribution in [-0.2, 0) is 14.3 Å². The number of fused-ring (bicyclic) bond motifs is 1. The molecule has 0 aromatic heterocycles. The van der Waals surface area contributed by atoms with Gasteiger partial charge in [0.2, 0.25) is 5.91 Å². The summed E-state index contributed by atoms with van der Waals surface area (Å²) in [5.41, 5.74) is -0.0908. The Labute approximate surface area is 144 Å². The molecule has 4 rings (SSSR count). The summed E-state index contributed by atoms with van der Waals surface area (Å²) in [7, 11) is 0. The lowest BCUT2D eigenvalue weighted by atomic mass is 9.74. The number of para-hydroxylation sites is 1. The highest BCUT2D eigenvalue weighted by molar-refractivity contribution is 6.03. The molecule has 130 valence electrons. The van der Waals surface area contributed by atoms with E-state index in [0.717, 1.165) is 5.57 Å². The van der Waals surface area contributed by atoms with Crippen LogP contribution < -0.4 is 4.90 Å². The molecule has 5 nitrogen and oxygen atoms in total. The second kappa shape index (κ2) is 5.26. The Bertz CT molecular complexity index is 819. The number of carboxylic acid groups (broad SMARTS) is 1. The fraction of sp³-hybridized carbons (Fsp3) is 0.368. The van der Waals surface area contributed by atoms with Gasteiger partial charge < -0.3 is 14.7 Å². The molecule has 1 aromatic carbocycles. The lowest BCUT2D eigenvalue weighted by Gasteiger charge is -2.33. The maximum absolute atomic E-state index is 14.4. The van der Waals surface area contributed by atoms with Crippen molar-refractivity contribution in [2.45, 2.75) is 31.1 Å². The number of rotatable bonds is 4. The summed E-state index contributed by atoms with van der Waals surface area (Å²) in [4.78, 5) is 26.3. The van der Waals surface area contributed by atoms with Crippen LogP contribution in [0.3, 0.4) is 0 Å². The molecule has 6 heteroatoms. The zero-order chi connectivity index (χ0) is 17.9. The normalized spacial score (nSPS) is 35.3. The lowest BCUT2D eigenvalue weighted by Crippen LogP contribution is -2.45. The number of carbonyl (C=O) groups excluding carboxylic acids is 1. The molecule has 25 heavy (non-hydrogen) atoms. The molecule has 0 unspecified atom stereocenters. The van der Waals surface area contributed by atoms with Gasteiger partial charge in [-0.2, -0.15) is 0 Å². The summed E-state index contributed by atoms with van der Waals surface area (Å²) in [5.74, 6) is -3.81. The number of ether oxygens (including phenoxy) is 1. The Morgan fingerprint density at radius 3 is 2.80 bits per heavy atom. The van der Waals surface area contributed by atoms with Crippen LogP contribution >= 0.6 is 0 Å². The fourth-order valence-electron chi connectivity index (χ4n) is 4.45. The SMILES string of the molecule is C=C(C)C[C@H]1N(c2ccccc2F)C(=O)[C@@H]2[C@@H](C(=O)O)[C@H]3C=C[C@]21O3. The average molecular weight is 343 g/mol. The summed E-state index contributed by atoms with van der Waals surface area (Å²) in [6.45, 7) is 5.74. The highest BCUT2D eigenvalue weighted by Crippen LogP contribution is 2.56. The molecule has 3 aliphatic rings. The average Bonchev–Trinajstić information content (AvgIpc) is 3.18. The van der Waals surface area contributed by atoms with Crippen molar-refractivity contribution in [3.63, 3.8) is 0 Å². The van der Waals surface area contributed by atoms with E-state index in [2.05, 4.69) is 6.58 Å². The molecule has 1 N–H and O–H groups in total. The monoisotopic (exact) mass is 343 g/mol. The van der Waals surface area contributed by atoms with Crippen LogP contribution in [-0.4, -0.2) is 34.7 Å². The molecule has 1 aromatic rings. The largest absolute Gasteiger partial charge is 0.481 e. The smallest absolute Gasteiger partial charge is 0.310 e. The van der Waals surface area contributed by atoms with Crippen molar-refractivity contribution >= 4 is 17.6 Å². The van der Waals surface area contributed by atoms with Crippen molar-refractivity contribution in [3.8, 4) is 0 Å². The van der Waals surface area contributed by atoms with Crippen molar-refractivity contribution < 1.29 is 23.8 Å². The van der Waals surface area contributed by atoms with Crippen LogP contribution in [0.15, 0.2) is 48.6 Å². The zero-order valence-corrected chi connectivity index (χ0v) is 13.7. The minimum absolute atomic E-state index is 0.145. The first-order valence-electron chi connectivity index (χ1n) is 8.19. The number of carboxylic acids is 1. The van der Waals surface area contributed by atoms with Gasteiger partial charge in [-0.1, -0.05) is 29.9 Å². The Morgan fingerprint density at radius 2 is 2.16 bits per heavy atom. The van der Waals surface area contributed by atoms with Crippen LogP contribution in [0.2, 0.25) is 0 Å². The molecule has 5 atom stereocenters. The number of carbonyl (C=O) groups is 2. The van der Waals surface area contributed by atoms with Gasteiger partial charge in [0.1, 0.15) is 17.3 Å². The minimum atomic E-state index is -1.07. The number of halogens is 1. The molecule has 0 radical (unpaired) electrons. The number of hydrogen-bond acceptors (Lipinski definition) is 3. The molecule has 1 amide bonds. The van der Waals surface area contributed by atoms with Gasteiger partial charge >= 0.3 is 5.97 Å². The summed E-state index contributed by atoms with van der Waals surface area (Å²) >= 11 is 0. The van der Waals surface area contributed by atoms with Gasteiger partial charge in [0.25, 0.3) is 0 Å². The molecule has 0 aliphatic carbocycles. The molecule has 2 bridgehead atoms. The Balaban J connectivity index is 1.87. The third kappa shape index (κ3) is 2.03. The first kappa shape index (κ1) is 16.0. The summed E-state index contributed by atoms with van der Waals surface area (Å²) in [6.07, 6.45) is 3.27. The van der Waals surface area contributed by atoms with E-state index >= 15 is 0 Å². The quantitative estimate of drug-likeness (QED) is 0.853. The van der Waals surface area contributed by atoms with E-state index in [0.29, 0.717) is 6.42 Å². The van der Waals surface area contributed by atoms with Crippen molar-refractivity contribution in [1.82, 2.24) is 0 Å². The summed E-state index contributed by atoms with van der Waals surface area (Å²) in [5, 5.41) is 9.60. The summed E-state index contributed by atoms with van der Waals surface area (Å²) < 4.78 is 20.4. The highest BCUT2D eigenvalue weighted by Gasteiger charge is 2.71. The van der Waals surface area contributed by atoms with Gasteiger partial charge in [0, 0.05) is 0 Å². The third-order valence-electron chi connectivity index (χ3n) is 5.36. The predicted octanol–water partition coefficient (Wildman–Crippen LogP) is 2.53. The predicted molar refractivity (Wildman–Crippen MR) is 88.5 cm³/mol. The molecular weight excluding hydrogens is 325 g/mol. The number of aliphatic carboxylic acids is 1. The molecular formula is C19H18FNO4. The van der Waals surface area contributed by atoms with Crippen molar-refractivity contribution in [2.24, 2.45) is 11.8 Å². The van der Waals surface area contributed by atoms with E-state index in [1.807, 2.05) is 6.92 Å². The maximum atomic E-state index is 14.4. The number of hydrogen-bond donors (Lipinski definition) is 1. The minimum Gasteiger partial charge on any atom is -0.481 e. The molecule has 2 fully saturated rings. The first-order valence-corrected chi connectivity index (χ1v) is 8.19. The van der Waals surface area contributed by atoms with E-state index < -0.39 is 47.3 Å². The number of nitrogens with zero attached hydrogens (tertiary/aromatic N) is 1. The van der Waals surface area contributed by atoms with E-state index in [1.165, 1.54) is 17.0 Å². The van der Waals surface area contributed by atoms with Crippen LogP contribution in [0.1, 0.15) is 13.3 Å². The molecule has 0 saturated carbocycles. The first-order chi connectivity index (χ1) is 11.9. The number of anilines is 1. The lowest BCUT2D eigenvalue weighted by molar-refractivity contribution is -0.146. The van der Waals surface area contributed by atoms with Crippen molar-refractivity contribution in [2.75, 3.05) is 4.90 Å². The van der Waals surface area contributed by atoms with Crippen LogP contribution in [0.5, 0.6) is 0 Å². The summed E-state index contributed by atoms with van der Waals surface area (Å²) in [6, 6.07) is 5.49. The van der Waals surface area contributed by atoms with E-state index in [9.17, 15) is 19.1 Å². The van der Waals surface area contributed by atoms with Crippen molar-refractivity contribution in [1.29, 1.82) is 0 Å². The second-order valence-corrected chi connectivity index (χ2v) is 6.97.